The van der Waals surface area contributed by atoms with Crippen molar-refractivity contribution in [1.82, 2.24) is 0 Å². The average Bonchev–Trinajstić information content (AvgIpc) is 3.94. The van der Waals surface area contributed by atoms with Crippen molar-refractivity contribution in [3.05, 3.63) is 283 Å². The van der Waals surface area contributed by atoms with E-state index in [2.05, 4.69) is 266 Å². The van der Waals surface area contributed by atoms with Gasteiger partial charge in [0.05, 0.1) is 5.41 Å². The first-order valence-corrected chi connectivity index (χ1v) is 23.1. The third-order valence-corrected chi connectivity index (χ3v) is 13.9. The molecule has 0 amide bonds. The van der Waals surface area contributed by atoms with Gasteiger partial charge in [-0.3, -0.25) is 0 Å². The Bertz CT molecular complexity index is 3720. The number of anilines is 3. The molecule has 0 aliphatic heterocycles. The Morgan fingerprint density at radius 3 is 1.43 bits per heavy atom. The second-order valence-electron chi connectivity index (χ2n) is 17.5. The van der Waals surface area contributed by atoms with E-state index in [1.165, 1.54) is 66.6 Å². The van der Waals surface area contributed by atoms with Crippen molar-refractivity contribution in [2.24, 2.45) is 0 Å². The van der Waals surface area contributed by atoms with Gasteiger partial charge in [-0.2, -0.15) is 0 Å². The van der Waals surface area contributed by atoms with Gasteiger partial charge in [-0.1, -0.05) is 218 Å². The van der Waals surface area contributed by atoms with Crippen molar-refractivity contribution >= 4 is 49.8 Å². The fourth-order valence-corrected chi connectivity index (χ4v) is 11.1. The summed E-state index contributed by atoms with van der Waals surface area (Å²) in [5.41, 5.74) is 19.1. The van der Waals surface area contributed by atoms with E-state index < -0.39 is 5.41 Å². The molecule has 0 fully saturated rings. The first-order chi connectivity index (χ1) is 33.3. The molecule has 0 N–H and O–H groups in total. The Kier molecular flexibility index (Phi) is 9.11. The molecule has 1 aliphatic rings. The molecule has 0 unspecified atom stereocenters. The number of hydrogen-bond donors (Lipinski definition) is 0. The highest BCUT2D eigenvalue weighted by Gasteiger charge is 2.46. The Labute approximate surface area is 390 Å². The van der Waals surface area contributed by atoms with Gasteiger partial charge in [0.2, 0.25) is 0 Å². The van der Waals surface area contributed by atoms with Gasteiger partial charge in [0.15, 0.2) is 0 Å². The molecule has 0 radical (unpaired) electrons. The maximum atomic E-state index is 6.77. The molecule has 1 aromatic heterocycles. The molecule has 314 valence electrons. The predicted molar refractivity (Wildman–Crippen MR) is 280 cm³/mol. The van der Waals surface area contributed by atoms with Crippen LogP contribution in [0, 0.1) is 0 Å². The van der Waals surface area contributed by atoms with E-state index in [1.807, 2.05) is 0 Å². The van der Waals surface area contributed by atoms with Crippen LogP contribution in [0.1, 0.15) is 22.3 Å². The molecule has 11 aromatic carbocycles. The van der Waals surface area contributed by atoms with Crippen LogP contribution in [0.4, 0.5) is 17.1 Å². The van der Waals surface area contributed by atoms with Crippen LogP contribution < -0.4 is 4.90 Å². The molecule has 1 aliphatic carbocycles. The number of nitrogens with zero attached hydrogens (tertiary/aromatic N) is 1. The fourth-order valence-electron chi connectivity index (χ4n) is 11.1. The lowest BCUT2D eigenvalue weighted by Crippen LogP contribution is -2.28. The topological polar surface area (TPSA) is 16.4 Å². The number of para-hydroxylation sites is 1. The zero-order valence-corrected chi connectivity index (χ0v) is 36.7. The van der Waals surface area contributed by atoms with Gasteiger partial charge in [0.25, 0.3) is 0 Å². The number of fused-ring (bicyclic) bond motifs is 8. The van der Waals surface area contributed by atoms with Crippen LogP contribution >= 0.6 is 0 Å². The number of benzene rings is 11. The van der Waals surface area contributed by atoms with E-state index in [9.17, 15) is 0 Å². The average molecular weight is 854 g/mol. The maximum absolute atomic E-state index is 6.77. The van der Waals surface area contributed by atoms with Gasteiger partial charge in [0.1, 0.15) is 11.2 Å². The number of furan rings is 1. The van der Waals surface area contributed by atoms with E-state index in [0.717, 1.165) is 50.0 Å². The second kappa shape index (κ2) is 15.8. The third-order valence-electron chi connectivity index (χ3n) is 13.9. The van der Waals surface area contributed by atoms with Crippen molar-refractivity contribution in [2.75, 3.05) is 4.90 Å². The van der Waals surface area contributed by atoms with Gasteiger partial charge in [0, 0.05) is 38.8 Å². The van der Waals surface area contributed by atoms with Crippen LogP contribution in [0.15, 0.2) is 265 Å². The summed E-state index contributed by atoms with van der Waals surface area (Å²) in [6, 6.07) is 94.9. The maximum Gasteiger partial charge on any atom is 0.143 e. The molecule has 13 rings (SSSR count). The molecular weight excluding hydrogens is 811 g/mol. The summed E-state index contributed by atoms with van der Waals surface area (Å²) < 4.78 is 6.77. The van der Waals surface area contributed by atoms with Crippen molar-refractivity contribution in [3.8, 4) is 44.5 Å². The molecule has 67 heavy (non-hydrogen) atoms. The van der Waals surface area contributed by atoms with Gasteiger partial charge in [-0.25, -0.2) is 0 Å². The SMILES string of the molecule is c1ccc(-c2ccc(N(c3ccc(-c4c(-c5ccccc5)c5ccccc5c5oc6ccccc6c45)cc3)c3ccc4c(c3)C(c3ccccc3)(c3ccccc3)c3ccccc3-4)cc2)cc1. The lowest BCUT2D eigenvalue weighted by Gasteiger charge is -2.35. The summed E-state index contributed by atoms with van der Waals surface area (Å²) in [4.78, 5) is 2.42. The summed E-state index contributed by atoms with van der Waals surface area (Å²) in [5, 5.41) is 4.52. The zero-order valence-electron chi connectivity index (χ0n) is 36.7. The Hall–Kier alpha value is -8.72. The van der Waals surface area contributed by atoms with Gasteiger partial charge in [-0.05, 0) is 109 Å². The third kappa shape index (κ3) is 6.11. The van der Waals surface area contributed by atoms with Crippen LogP contribution in [0.2, 0.25) is 0 Å². The quantitative estimate of drug-likeness (QED) is 0.151. The largest absolute Gasteiger partial charge is 0.455 e. The van der Waals surface area contributed by atoms with Crippen molar-refractivity contribution in [1.29, 1.82) is 0 Å². The summed E-state index contributed by atoms with van der Waals surface area (Å²) in [7, 11) is 0. The summed E-state index contributed by atoms with van der Waals surface area (Å²) in [6.45, 7) is 0. The highest BCUT2D eigenvalue weighted by molar-refractivity contribution is 6.26. The van der Waals surface area contributed by atoms with E-state index in [4.69, 9.17) is 4.42 Å². The van der Waals surface area contributed by atoms with Gasteiger partial charge < -0.3 is 9.32 Å². The Balaban J connectivity index is 1.04. The fraction of sp³-hybridized carbons (Fsp3) is 0.0154. The minimum atomic E-state index is -0.528. The predicted octanol–water partition coefficient (Wildman–Crippen LogP) is 17.6. The standard InChI is InChI=1S/C65H43NO/c1-5-19-44(20-6-1)45-33-37-50(38-34-45)66(52-41-42-54-53-27-15-17-31-58(53)65(59(54)43-52,48-23-9-3-10-24-48)49-25-11-4-12-26-49)51-39-35-47(36-40-51)62-61(46-21-7-2-8-22-46)55-28-13-14-29-56(55)64-63(62)57-30-16-18-32-60(57)67-64/h1-43H. The van der Waals surface area contributed by atoms with Crippen LogP contribution in [0.3, 0.4) is 0 Å². The second-order valence-corrected chi connectivity index (χ2v) is 17.5. The molecular formula is C65H43NO. The van der Waals surface area contributed by atoms with Gasteiger partial charge >= 0.3 is 0 Å². The molecule has 0 spiro atoms. The molecule has 0 atom stereocenters. The first-order valence-electron chi connectivity index (χ1n) is 23.1. The van der Waals surface area contributed by atoms with Crippen LogP contribution in [0.5, 0.6) is 0 Å². The lowest BCUT2D eigenvalue weighted by molar-refractivity contribution is 0.673. The highest BCUT2D eigenvalue weighted by Crippen LogP contribution is 2.57. The monoisotopic (exact) mass is 853 g/mol. The lowest BCUT2D eigenvalue weighted by atomic mass is 9.67. The first kappa shape index (κ1) is 38.7. The highest BCUT2D eigenvalue weighted by atomic mass is 16.3. The molecule has 2 heteroatoms. The molecule has 2 nitrogen and oxygen atoms in total. The van der Waals surface area contributed by atoms with Crippen LogP contribution in [0.25, 0.3) is 77.2 Å². The normalized spacial score (nSPS) is 12.6. The van der Waals surface area contributed by atoms with E-state index in [1.54, 1.807) is 0 Å². The molecule has 1 heterocycles. The minimum absolute atomic E-state index is 0.528. The molecule has 0 saturated heterocycles. The van der Waals surface area contributed by atoms with E-state index in [0.29, 0.717) is 0 Å². The summed E-state index contributed by atoms with van der Waals surface area (Å²) >= 11 is 0. The smallest absolute Gasteiger partial charge is 0.143 e. The van der Waals surface area contributed by atoms with Crippen molar-refractivity contribution in [3.63, 3.8) is 0 Å². The molecule has 0 bridgehead atoms. The van der Waals surface area contributed by atoms with Crippen LogP contribution in [-0.4, -0.2) is 0 Å². The molecule has 0 saturated carbocycles. The van der Waals surface area contributed by atoms with Crippen molar-refractivity contribution in [2.45, 2.75) is 5.41 Å². The zero-order chi connectivity index (χ0) is 44.3. The summed E-state index contributed by atoms with van der Waals surface area (Å²) in [5.74, 6) is 0. The Morgan fingerprint density at radius 1 is 0.313 bits per heavy atom. The van der Waals surface area contributed by atoms with Crippen molar-refractivity contribution < 1.29 is 4.42 Å². The number of hydrogen-bond acceptors (Lipinski definition) is 2. The van der Waals surface area contributed by atoms with E-state index in [-0.39, 0.29) is 0 Å². The minimum Gasteiger partial charge on any atom is -0.455 e. The van der Waals surface area contributed by atoms with E-state index >= 15 is 0 Å². The summed E-state index contributed by atoms with van der Waals surface area (Å²) in [6.07, 6.45) is 0. The van der Waals surface area contributed by atoms with Crippen LogP contribution in [-0.2, 0) is 5.41 Å². The molecule has 12 aromatic rings. The number of rotatable bonds is 8. The Morgan fingerprint density at radius 2 is 0.776 bits per heavy atom. The van der Waals surface area contributed by atoms with Gasteiger partial charge in [-0.15, -0.1) is 0 Å².